The summed E-state index contributed by atoms with van der Waals surface area (Å²) >= 11 is 6.32. The smallest absolute Gasteiger partial charge is 0.231 e. The number of rotatable bonds is 2. The highest BCUT2D eigenvalue weighted by Gasteiger charge is 2.35. The van der Waals surface area contributed by atoms with Crippen molar-refractivity contribution in [2.45, 2.75) is 51.0 Å². The van der Waals surface area contributed by atoms with E-state index < -0.39 is 0 Å². The maximum Gasteiger partial charge on any atom is 0.231 e. The van der Waals surface area contributed by atoms with Crippen LogP contribution in [0.4, 0.5) is 0 Å². The van der Waals surface area contributed by atoms with Gasteiger partial charge < -0.3 is 15.2 Å². The Labute approximate surface area is 119 Å². The third-order valence-corrected chi connectivity index (χ3v) is 4.62. The molecule has 19 heavy (non-hydrogen) atoms. The van der Waals surface area contributed by atoms with Crippen LogP contribution in [-0.2, 0) is 12.0 Å². The van der Waals surface area contributed by atoms with E-state index in [2.05, 4.69) is 6.92 Å². The molecule has 2 N–H and O–H groups in total. The molecule has 1 aliphatic carbocycles. The molecule has 1 fully saturated rings. The zero-order valence-corrected chi connectivity index (χ0v) is 12.1. The summed E-state index contributed by atoms with van der Waals surface area (Å²) in [6.45, 7) is 2.38. The lowest BCUT2D eigenvalue weighted by Gasteiger charge is -2.35. The lowest BCUT2D eigenvalue weighted by atomic mass is 9.75. The minimum absolute atomic E-state index is 0.253. The lowest BCUT2D eigenvalue weighted by molar-refractivity contribution is 0.173. The monoisotopic (exact) mass is 281 g/mol. The normalized spacial score (nSPS) is 20.6. The predicted molar refractivity (Wildman–Crippen MR) is 75.9 cm³/mol. The van der Waals surface area contributed by atoms with Crippen LogP contribution in [0.2, 0.25) is 5.02 Å². The van der Waals surface area contributed by atoms with E-state index in [-0.39, 0.29) is 12.3 Å². The van der Waals surface area contributed by atoms with Crippen molar-refractivity contribution in [2.24, 2.45) is 5.73 Å². The Balaban J connectivity index is 2.13. The molecule has 1 aromatic carbocycles. The Morgan fingerprint density at radius 3 is 2.58 bits per heavy atom. The standard InChI is InChI=1S/C15H20ClNO2/c1-2-10-11(15(17)6-4-3-5-7-15)8-12(16)14-13(10)18-9-19-14/h8H,2-7,9,17H2,1H3. The summed E-state index contributed by atoms with van der Waals surface area (Å²) in [5, 5.41) is 0.620. The zero-order chi connectivity index (χ0) is 13.5. The molecular weight excluding hydrogens is 262 g/mol. The van der Waals surface area contributed by atoms with E-state index >= 15 is 0 Å². The van der Waals surface area contributed by atoms with Gasteiger partial charge in [-0.2, -0.15) is 0 Å². The second-order valence-electron chi connectivity index (χ2n) is 5.52. The summed E-state index contributed by atoms with van der Waals surface area (Å²) in [5.74, 6) is 1.49. The lowest BCUT2D eigenvalue weighted by Crippen LogP contribution is -2.39. The summed E-state index contributed by atoms with van der Waals surface area (Å²) < 4.78 is 11.1. The van der Waals surface area contributed by atoms with Crippen molar-refractivity contribution in [1.82, 2.24) is 0 Å². The van der Waals surface area contributed by atoms with Gasteiger partial charge in [0.05, 0.1) is 5.02 Å². The molecule has 0 amide bonds. The molecule has 0 aromatic heterocycles. The quantitative estimate of drug-likeness (QED) is 0.898. The van der Waals surface area contributed by atoms with E-state index in [1.54, 1.807) is 0 Å². The van der Waals surface area contributed by atoms with Gasteiger partial charge in [-0.3, -0.25) is 0 Å². The zero-order valence-electron chi connectivity index (χ0n) is 11.3. The first-order valence-corrected chi connectivity index (χ1v) is 7.44. The third kappa shape index (κ3) is 2.09. The van der Waals surface area contributed by atoms with Gasteiger partial charge in [-0.05, 0) is 30.9 Å². The number of nitrogens with two attached hydrogens (primary N) is 1. The van der Waals surface area contributed by atoms with Crippen molar-refractivity contribution >= 4 is 11.6 Å². The van der Waals surface area contributed by atoms with E-state index in [4.69, 9.17) is 26.8 Å². The maximum absolute atomic E-state index is 6.66. The highest BCUT2D eigenvalue weighted by molar-refractivity contribution is 6.32. The van der Waals surface area contributed by atoms with Crippen LogP contribution in [0.3, 0.4) is 0 Å². The molecule has 4 heteroatoms. The Bertz CT molecular complexity index is 495. The summed E-state index contributed by atoms with van der Waals surface area (Å²) in [6.07, 6.45) is 6.58. The highest BCUT2D eigenvalue weighted by Crippen LogP contribution is 2.48. The molecule has 0 atom stereocenters. The van der Waals surface area contributed by atoms with Crippen LogP contribution in [0.15, 0.2) is 6.07 Å². The minimum atomic E-state index is -0.256. The second-order valence-corrected chi connectivity index (χ2v) is 5.93. The van der Waals surface area contributed by atoms with E-state index in [1.807, 2.05) is 6.07 Å². The second kappa shape index (κ2) is 4.88. The average Bonchev–Trinajstić information content (AvgIpc) is 2.89. The van der Waals surface area contributed by atoms with Crippen molar-refractivity contribution in [3.63, 3.8) is 0 Å². The first-order chi connectivity index (χ1) is 9.15. The van der Waals surface area contributed by atoms with Crippen LogP contribution in [0.5, 0.6) is 11.5 Å². The summed E-state index contributed by atoms with van der Waals surface area (Å²) in [5.41, 5.74) is 8.73. The number of halogens is 1. The van der Waals surface area contributed by atoms with E-state index in [1.165, 1.54) is 24.8 Å². The minimum Gasteiger partial charge on any atom is -0.453 e. The van der Waals surface area contributed by atoms with Gasteiger partial charge in [-0.25, -0.2) is 0 Å². The van der Waals surface area contributed by atoms with Gasteiger partial charge >= 0.3 is 0 Å². The topological polar surface area (TPSA) is 44.5 Å². The molecule has 0 saturated heterocycles. The summed E-state index contributed by atoms with van der Waals surface area (Å²) in [6, 6.07) is 2.00. The van der Waals surface area contributed by atoms with Crippen molar-refractivity contribution in [3.05, 3.63) is 22.2 Å². The fourth-order valence-corrected chi connectivity index (χ4v) is 3.58. The molecule has 3 rings (SSSR count). The SMILES string of the molecule is CCc1c(C2(N)CCCCC2)cc(Cl)c2c1OCO2. The predicted octanol–water partition coefficient (Wildman–Crippen LogP) is 3.75. The van der Waals surface area contributed by atoms with Crippen LogP contribution in [0.1, 0.15) is 50.2 Å². The molecule has 104 valence electrons. The molecule has 1 aliphatic heterocycles. The molecule has 0 unspecified atom stereocenters. The Kier molecular flexibility index (Phi) is 3.35. The van der Waals surface area contributed by atoms with Gasteiger partial charge in [-0.15, -0.1) is 0 Å². The van der Waals surface area contributed by atoms with Crippen molar-refractivity contribution in [2.75, 3.05) is 6.79 Å². The van der Waals surface area contributed by atoms with E-state index in [9.17, 15) is 0 Å². The molecule has 1 saturated carbocycles. The summed E-state index contributed by atoms with van der Waals surface area (Å²) in [7, 11) is 0. The molecule has 0 bridgehead atoms. The molecule has 1 heterocycles. The van der Waals surface area contributed by atoms with Gasteiger partial charge in [0.25, 0.3) is 0 Å². The summed E-state index contributed by atoms with van der Waals surface area (Å²) in [4.78, 5) is 0. The van der Waals surface area contributed by atoms with Gasteiger partial charge in [0, 0.05) is 11.1 Å². The number of ether oxygens (including phenoxy) is 2. The van der Waals surface area contributed by atoms with Gasteiger partial charge in [0.2, 0.25) is 6.79 Å². The first-order valence-electron chi connectivity index (χ1n) is 7.06. The molecule has 0 spiro atoms. The van der Waals surface area contributed by atoms with E-state index in [0.717, 1.165) is 30.6 Å². The van der Waals surface area contributed by atoms with Crippen LogP contribution in [0, 0.1) is 0 Å². The molecular formula is C15H20ClNO2. The van der Waals surface area contributed by atoms with Crippen LogP contribution in [-0.4, -0.2) is 6.79 Å². The van der Waals surface area contributed by atoms with Crippen LogP contribution >= 0.6 is 11.6 Å². The molecule has 2 aliphatic rings. The number of hydrogen-bond donors (Lipinski definition) is 1. The molecule has 3 nitrogen and oxygen atoms in total. The van der Waals surface area contributed by atoms with E-state index in [0.29, 0.717) is 10.8 Å². The Morgan fingerprint density at radius 2 is 1.89 bits per heavy atom. The molecule has 1 aromatic rings. The third-order valence-electron chi connectivity index (χ3n) is 4.34. The first kappa shape index (κ1) is 13.1. The van der Waals surface area contributed by atoms with Crippen molar-refractivity contribution in [1.29, 1.82) is 0 Å². The van der Waals surface area contributed by atoms with Gasteiger partial charge in [-0.1, -0.05) is 37.8 Å². The van der Waals surface area contributed by atoms with Crippen molar-refractivity contribution < 1.29 is 9.47 Å². The average molecular weight is 282 g/mol. The van der Waals surface area contributed by atoms with Gasteiger partial charge in [0.1, 0.15) is 0 Å². The number of fused-ring (bicyclic) bond motifs is 1. The Morgan fingerprint density at radius 1 is 1.21 bits per heavy atom. The highest BCUT2D eigenvalue weighted by atomic mass is 35.5. The fourth-order valence-electron chi connectivity index (χ4n) is 3.33. The largest absolute Gasteiger partial charge is 0.453 e. The fraction of sp³-hybridized carbons (Fsp3) is 0.600. The molecule has 0 radical (unpaired) electrons. The van der Waals surface area contributed by atoms with Crippen molar-refractivity contribution in [3.8, 4) is 11.5 Å². The van der Waals surface area contributed by atoms with Gasteiger partial charge in [0.15, 0.2) is 11.5 Å². The maximum atomic E-state index is 6.66. The Hall–Kier alpha value is -0.930. The number of hydrogen-bond acceptors (Lipinski definition) is 3. The van der Waals surface area contributed by atoms with Crippen LogP contribution in [0.25, 0.3) is 0 Å². The van der Waals surface area contributed by atoms with Crippen LogP contribution < -0.4 is 15.2 Å². The number of benzene rings is 1.